The maximum atomic E-state index is 13.0. The number of carbonyl (C=O) groups excluding carboxylic acids is 2. The molecule has 1 saturated heterocycles. The van der Waals surface area contributed by atoms with E-state index in [-0.39, 0.29) is 30.5 Å². The number of carbonyl (C=O) groups is 3. The summed E-state index contributed by atoms with van der Waals surface area (Å²) in [5.41, 5.74) is 1.12. The summed E-state index contributed by atoms with van der Waals surface area (Å²) < 4.78 is 10.9. The summed E-state index contributed by atoms with van der Waals surface area (Å²) in [5.74, 6) is -1.52. The Balaban J connectivity index is 1.94. The molecule has 0 radical (unpaired) electrons. The monoisotopic (exact) mass is 459 g/mol. The number of amides is 1. The maximum Gasteiger partial charge on any atom is 0.410 e. The Kier molecular flexibility index (Phi) is 7.19. The molecule has 2 atom stereocenters. The second-order valence-corrected chi connectivity index (χ2v) is 9.26. The van der Waals surface area contributed by atoms with Gasteiger partial charge in [0.2, 0.25) is 0 Å². The van der Waals surface area contributed by atoms with E-state index >= 15 is 0 Å². The van der Waals surface area contributed by atoms with Crippen molar-refractivity contribution in [2.45, 2.75) is 64.8 Å². The third-order valence-electron chi connectivity index (χ3n) is 5.73. The van der Waals surface area contributed by atoms with Crippen molar-refractivity contribution >= 4 is 23.7 Å². The number of likely N-dealkylation sites (tertiary alicyclic amines) is 1. The standard InChI is InChI=1S/C24H33N3O6/c1-6-32-22(30)18-19(15-10-12-16(13-11-15)21(28)29)26(5)20(25-18)17-9-7-8-14-27(17)23(31)33-24(2,3)4/h10-13,17,20,25H,6-9,14H2,1-5H3,(H,28,29)/t17-,20?/m0/s1. The van der Waals surface area contributed by atoms with Gasteiger partial charge in [-0.15, -0.1) is 0 Å². The van der Waals surface area contributed by atoms with E-state index in [1.165, 1.54) is 12.1 Å². The summed E-state index contributed by atoms with van der Waals surface area (Å²) in [6.07, 6.45) is 1.84. The van der Waals surface area contributed by atoms with Crippen LogP contribution in [-0.2, 0) is 14.3 Å². The van der Waals surface area contributed by atoms with E-state index < -0.39 is 17.5 Å². The molecule has 2 aliphatic heterocycles. The molecule has 1 aromatic rings. The average molecular weight is 460 g/mol. The summed E-state index contributed by atoms with van der Waals surface area (Å²) in [4.78, 5) is 40.7. The number of nitrogens with zero attached hydrogens (tertiary/aromatic N) is 2. The van der Waals surface area contributed by atoms with Gasteiger partial charge in [-0.25, -0.2) is 14.4 Å². The highest BCUT2D eigenvalue weighted by atomic mass is 16.6. The Hall–Kier alpha value is -3.23. The number of carboxylic acid groups (broad SMARTS) is 1. The number of hydrogen-bond donors (Lipinski definition) is 2. The highest BCUT2D eigenvalue weighted by molar-refractivity contribution is 5.98. The topological polar surface area (TPSA) is 108 Å². The molecular weight excluding hydrogens is 426 g/mol. The predicted molar refractivity (Wildman–Crippen MR) is 122 cm³/mol. The van der Waals surface area contributed by atoms with Crippen LogP contribution in [0.5, 0.6) is 0 Å². The van der Waals surface area contributed by atoms with Crippen LogP contribution in [0.1, 0.15) is 62.9 Å². The fraction of sp³-hybridized carbons (Fsp3) is 0.542. The molecule has 0 aromatic heterocycles. The molecule has 2 aliphatic rings. The van der Waals surface area contributed by atoms with E-state index in [9.17, 15) is 19.5 Å². The fourth-order valence-corrected chi connectivity index (χ4v) is 4.29. The molecule has 9 nitrogen and oxygen atoms in total. The molecule has 1 aromatic carbocycles. The normalized spacial score (nSPS) is 21.0. The van der Waals surface area contributed by atoms with Gasteiger partial charge in [0.15, 0.2) is 0 Å². The Labute approximate surface area is 194 Å². The van der Waals surface area contributed by atoms with Crippen molar-refractivity contribution in [2.24, 2.45) is 0 Å². The van der Waals surface area contributed by atoms with Crippen LogP contribution in [0.2, 0.25) is 0 Å². The number of likely N-dealkylation sites (N-methyl/N-ethyl adjacent to an activating group) is 1. The Morgan fingerprint density at radius 1 is 1.15 bits per heavy atom. The zero-order valence-electron chi connectivity index (χ0n) is 19.9. The molecule has 1 fully saturated rings. The number of ether oxygens (including phenoxy) is 2. The maximum absolute atomic E-state index is 13.0. The summed E-state index contributed by atoms with van der Waals surface area (Å²) in [7, 11) is 1.85. The number of rotatable bonds is 5. The predicted octanol–water partition coefficient (Wildman–Crippen LogP) is 3.27. The van der Waals surface area contributed by atoms with E-state index in [0.29, 0.717) is 23.5 Å². The summed E-state index contributed by atoms with van der Waals surface area (Å²) >= 11 is 0. The third kappa shape index (κ3) is 5.40. The third-order valence-corrected chi connectivity index (χ3v) is 5.73. The van der Waals surface area contributed by atoms with E-state index in [1.807, 2.05) is 32.7 Å². The van der Waals surface area contributed by atoms with Crippen molar-refractivity contribution in [1.29, 1.82) is 0 Å². The smallest absolute Gasteiger partial charge is 0.410 e. The molecule has 0 spiro atoms. The van der Waals surface area contributed by atoms with Gasteiger partial charge >= 0.3 is 18.0 Å². The van der Waals surface area contributed by atoms with Gasteiger partial charge in [0.05, 0.1) is 23.9 Å². The van der Waals surface area contributed by atoms with Gasteiger partial charge in [-0.2, -0.15) is 0 Å². The van der Waals surface area contributed by atoms with Crippen LogP contribution in [0.3, 0.4) is 0 Å². The quantitative estimate of drug-likeness (QED) is 0.646. The van der Waals surface area contributed by atoms with Crippen molar-refractivity contribution in [1.82, 2.24) is 15.1 Å². The minimum atomic E-state index is -1.02. The van der Waals surface area contributed by atoms with Crippen LogP contribution in [0.15, 0.2) is 30.0 Å². The van der Waals surface area contributed by atoms with Crippen molar-refractivity contribution in [3.63, 3.8) is 0 Å². The van der Waals surface area contributed by atoms with Crippen molar-refractivity contribution in [3.8, 4) is 0 Å². The molecule has 3 rings (SSSR count). The summed E-state index contributed by atoms with van der Waals surface area (Å²) in [5, 5.41) is 12.5. The van der Waals surface area contributed by atoms with E-state index in [2.05, 4.69) is 5.32 Å². The molecule has 2 N–H and O–H groups in total. The molecular formula is C24H33N3O6. The lowest BCUT2D eigenvalue weighted by molar-refractivity contribution is -0.138. The van der Waals surface area contributed by atoms with Crippen LogP contribution >= 0.6 is 0 Å². The van der Waals surface area contributed by atoms with Crippen molar-refractivity contribution in [3.05, 3.63) is 41.1 Å². The molecule has 33 heavy (non-hydrogen) atoms. The fourth-order valence-electron chi connectivity index (χ4n) is 4.29. The number of esters is 1. The number of aromatic carboxylic acids is 1. The highest BCUT2D eigenvalue weighted by Gasteiger charge is 2.43. The Morgan fingerprint density at radius 3 is 2.39 bits per heavy atom. The minimum absolute atomic E-state index is 0.158. The van der Waals surface area contributed by atoms with Crippen LogP contribution in [-0.4, -0.2) is 70.9 Å². The lowest BCUT2D eigenvalue weighted by atomic mass is 9.99. The van der Waals surface area contributed by atoms with Gasteiger partial charge < -0.3 is 29.7 Å². The summed E-state index contributed by atoms with van der Waals surface area (Å²) in [6, 6.07) is 6.12. The Morgan fingerprint density at radius 2 is 1.82 bits per heavy atom. The van der Waals surface area contributed by atoms with Gasteiger partial charge in [-0.3, -0.25) is 0 Å². The number of carboxylic acids is 1. The van der Waals surface area contributed by atoms with Gasteiger partial charge in [0.1, 0.15) is 17.5 Å². The molecule has 0 aliphatic carbocycles. The van der Waals surface area contributed by atoms with Gasteiger partial charge in [0.25, 0.3) is 0 Å². The lowest BCUT2D eigenvalue weighted by Crippen LogP contribution is -2.57. The molecule has 0 saturated carbocycles. The number of piperidine rings is 1. The van der Waals surface area contributed by atoms with Crippen LogP contribution < -0.4 is 5.32 Å². The molecule has 9 heteroatoms. The second kappa shape index (κ2) is 9.72. The molecule has 180 valence electrons. The number of hydrogen-bond acceptors (Lipinski definition) is 7. The van der Waals surface area contributed by atoms with Gasteiger partial charge in [-0.1, -0.05) is 12.1 Å². The van der Waals surface area contributed by atoms with Crippen molar-refractivity contribution < 1.29 is 29.0 Å². The van der Waals surface area contributed by atoms with E-state index in [0.717, 1.165) is 19.3 Å². The zero-order chi connectivity index (χ0) is 24.3. The first-order valence-electron chi connectivity index (χ1n) is 11.3. The zero-order valence-corrected chi connectivity index (χ0v) is 19.9. The second-order valence-electron chi connectivity index (χ2n) is 9.26. The minimum Gasteiger partial charge on any atom is -0.478 e. The van der Waals surface area contributed by atoms with Crippen LogP contribution in [0, 0.1) is 0 Å². The first-order chi connectivity index (χ1) is 15.5. The SMILES string of the molecule is CCOC(=O)C1=C(c2ccc(C(=O)O)cc2)N(C)C([C@@H]2CCCCN2C(=O)OC(C)(C)C)N1. The average Bonchev–Trinajstić information content (AvgIpc) is 3.10. The molecule has 2 heterocycles. The lowest BCUT2D eigenvalue weighted by Gasteiger charge is -2.42. The molecule has 1 amide bonds. The van der Waals surface area contributed by atoms with Crippen LogP contribution in [0.4, 0.5) is 4.79 Å². The number of nitrogens with one attached hydrogen (secondary N) is 1. The van der Waals surface area contributed by atoms with Crippen molar-refractivity contribution in [2.75, 3.05) is 20.2 Å². The van der Waals surface area contributed by atoms with Gasteiger partial charge in [0, 0.05) is 19.2 Å². The first kappa shape index (κ1) is 24.4. The Bertz CT molecular complexity index is 935. The van der Waals surface area contributed by atoms with E-state index in [1.54, 1.807) is 24.0 Å². The number of benzene rings is 1. The van der Waals surface area contributed by atoms with E-state index in [4.69, 9.17) is 9.47 Å². The largest absolute Gasteiger partial charge is 0.478 e. The molecule has 1 unspecified atom stereocenters. The molecule has 0 bridgehead atoms. The first-order valence-corrected chi connectivity index (χ1v) is 11.3. The van der Waals surface area contributed by atoms with Crippen LogP contribution in [0.25, 0.3) is 5.70 Å². The van der Waals surface area contributed by atoms with Gasteiger partial charge in [-0.05, 0) is 59.1 Å². The summed E-state index contributed by atoms with van der Waals surface area (Å²) in [6.45, 7) is 8.04. The highest BCUT2D eigenvalue weighted by Crippen LogP contribution is 2.34.